The maximum absolute atomic E-state index is 12.0. The monoisotopic (exact) mass is 308 g/mol. The molecule has 0 unspecified atom stereocenters. The van der Waals surface area contributed by atoms with E-state index in [2.05, 4.69) is 13.8 Å². The predicted molar refractivity (Wildman–Crippen MR) is 87.8 cm³/mol. The number of carbonyl (C=O) groups is 1. The van der Waals surface area contributed by atoms with Gasteiger partial charge in [0, 0.05) is 0 Å². The van der Waals surface area contributed by atoms with Gasteiger partial charge in [-0.25, -0.2) is 4.79 Å². The molecule has 4 nitrogen and oxygen atoms in total. The van der Waals surface area contributed by atoms with E-state index in [4.69, 9.17) is 14.2 Å². The molecule has 0 amide bonds. The summed E-state index contributed by atoms with van der Waals surface area (Å²) in [5, 5.41) is 0. The molecule has 0 aliphatic rings. The molecule has 0 aromatic heterocycles. The number of esters is 1. The standard InChI is InChI=1S/C18H28O4/c1-4-6-8-12-21-17-14-15(10-11-16(17)20-3)18(19)22-13-9-7-5-2/h10-11,14H,4-9,12-13H2,1-3H3. The smallest absolute Gasteiger partial charge is 0.338 e. The van der Waals surface area contributed by atoms with E-state index in [0.29, 0.717) is 30.3 Å². The third-order valence-electron chi connectivity index (χ3n) is 3.39. The van der Waals surface area contributed by atoms with Gasteiger partial charge >= 0.3 is 5.97 Å². The van der Waals surface area contributed by atoms with E-state index in [9.17, 15) is 4.79 Å². The number of rotatable bonds is 11. The molecule has 0 radical (unpaired) electrons. The molecule has 0 aliphatic heterocycles. The molecular formula is C18H28O4. The van der Waals surface area contributed by atoms with Crippen molar-refractivity contribution >= 4 is 5.97 Å². The Kier molecular flexibility index (Phi) is 9.12. The Bertz CT molecular complexity index is 443. The molecule has 1 rings (SSSR count). The van der Waals surface area contributed by atoms with E-state index in [-0.39, 0.29) is 5.97 Å². The lowest BCUT2D eigenvalue weighted by Gasteiger charge is -2.12. The van der Waals surface area contributed by atoms with Crippen molar-refractivity contribution in [1.29, 1.82) is 0 Å². The first-order valence-electron chi connectivity index (χ1n) is 8.20. The maximum Gasteiger partial charge on any atom is 0.338 e. The summed E-state index contributed by atoms with van der Waals surface area (Å²) < 4.78 is 16.3. The Morgan fingerprint density at radius 1 is 0.955 bits per heavy atom. The highest BCUT2D eigenvalue weighted by Crippen LogP contribution is 2.28. The average Bonchev–Trinajstić information content (AvgIpc) is 2.55. The van der Waals surface area contributed by atoms with Crippen LogP contribution in [-0.4, -0.2) is 26.3 Å². The van der Waals surface area contributed by atoms with E-state index < -0.39 is 0 Å². The van der Waals surface area contributed by atoms with Gasteiger partial charge in [-0.15, -0.1) is 0 Å². The second-order valence-corrected chi connectivity index (χ2v) is 5.26. The molecule has 0 saturated carbocycles. The molecule has 0 aliphatic carbocycles. The average molecular weight is 308 g/mol. The van der Waals surface area contributed by atoms with E-state index in [1.807, 2.05) is 0 Å². The molecule has 0 bridgehead atoms. The van der Waals surface area contributed by atoms with E-state index in [0.717, 1.165) is 38.5 Å². The highest BCUT2D eigenvalue weighted by Gasteiger charge is 2.12. The molecule has 0 spiro atoms. The van der Waals surface area contributed by atoms with Gasteiger partial charge in [0.2, 0.25) is 0 Å². The van der Waals surface area contributed by atoms with Crippen LogP contribution in [0.5, 0.6) is 11.5 Å². The molecule has 0 N–H and O–H groups in total. The summed E-state index contributed by atoms with van der Waals surface area (Å²) >= 11 is 0. The van der Waals surface area contributed by atoms with Crippen molar-refractivity contribution in [2.24, 2.45) is 0 Å². The van der Waals surface area contributed by atoms with Gasteiger partial charge < -0.3 is 14.2 Å². The highest BCUT2D eigenvalue weighted by atomic mass is 16.5. The number of benzene rings is 1. The summed E-state index contributed by atoms with van der Waals surface area (Å²) in [5.41, 5.74) is 0.503. The van der Waals surface area contributed by atoms with Gasteiger partial charge in [-0.05, 0) is 31.0 Å². The lowest BCUT2D eigenvalue weighted by Crippen LogP contribution is -2.07. The van der Waals surface area contributed by atoms with Crippen molar-refractivity contribution in [3.63, 3.8) is 0 Å². The molecule has 0 heterocycles. The van der Waals surface area contributed by atoms with E-state index >= 15 is 0 Å². The van der Waals surface area contributed by atoms with Crippen molar-refractivity contribution in [1.82, 2.24) is 0 Å². The molecule has 4 heteroatoms. The second kappa shape index (κ2) is 10.9. The Morgan fingerprint density at radius 2 is 1.64 bits per heavy atom. The molecule has 0 saturated heterocycles. The van der Waals surface area contributed by atoms with E-state index in [1.54, 1.807) is 25.3 Å². The number of methoxy groups -OCH3 is 1. The maximum atomic E-state index is 12.0. The van der Waals surface area contributed by atoms with Crippen molar-refractivity contribution < 1.29 is 19.0 Å². The molecule has 124 valence electrons. The summed E-state index contributed by atoms with van der Waals surface area (Å²) in [4.78, 5) is 12.0. The number of ether oxygens (including phenoxy) is 3. The summed E-state index contributed by atoms with van der Waals surface area (Å²) in [6.07, 6.45) is 6.34. The Balaban J connectivity index is 2.61. The summed E-state index contributed by atoms with van der Waals surface area (Å²) in [6, 6.07) is 5.16. The summed E-state index contributed by atoms with van der Waals surface area (Å²) in [7, 11) is 1.59. The fraction of sp³-hybridized carbons (Fsp3) is 0.611. The molecule has 0 atom stereocenters. The summed E-state index contributed by atoms with van der Waals surface area (Å²) in [6.45, 7) is 5.35. The molecule has 1 aromatic rings. The Morgan fingerprint density at radius 3 is 2.27 bits per heavy atom. The molecule has 0 fully saturated rings. The predicted octanol–water partition coefficient (Wildman–Crippen LogP) is 4.61. The minimum Gasteiger partial charge on any atom is -0.493 e. The normalized spacial score (nSPS) is 10.3. The van der Waals surface area contributed by atoms with E-state index in [1.165, 1.54) is 0 Å². The minimum absolute atomic E-state index is 0.308. The zero-order valence-electron chi connectivity index (χ0n) is 14.0. The third kappa shape index (κ3) is 6.37. The largest absolute Gasteiger partial charge is 0.493 e. The van der Waals surface area contributed by atoms with Crippen LogP contribution in [0.3, 0.4) is 0 Å². The minimum atomic E-state index is -0.308. The number of unbranched alkanes of at least 4 members (excludes halogenated alkanes) is 4. The Labute approximate surface area is 133 Å². The fourth-order valence-corrected chi connectivity index (χ4v) is 2.05. The first-order chi connectivity index (χ1) is 10.7. The van der Waals surface area contributed by atoms with Crippen LogP contribution in [0.4, 0.5) is 0 Å². The zero-order chi connectivity index (χ0) is 16.2. The van der Waals surface area contributed by atoms with Crippen molar-refractivity contribution in [3.8, 4) is 11.5 Å². The highest BCUT2D eigenvalue weighted by molar-refractivity contribution is 5.90. The molecule has 1 aromatic carbocycles. The van der Waals surface area contributed by atoms with Gasteiger partial charge in [0.25, 0.3) is 0 Å². The lowest BCUT2D eigenvalue weighted by molar-refractivity contribution is 0.0497. The fourth-order valence-electron chi connectivity index (χ4n) is 2.05. The van der Waals surface area contributed by atoms with Gasteiger partial charge in [0.05, 0.1) is 25.9 Å². The van der Waals surface area contributed by atoms with Crippen molar-refractivity contribution in [2.75, 3.05) is 20.3 Å². The van der Waals surface area contributed by atoms with Crippen LogP contribution < -0.4 is 9.47 Å². The van der Waals surface area contributed by atoms with Gasteiger partial charge in [0.15, 0.2) is 11.5 Å². The number of hydrogen-bond acceptors (Lipinski definition) is 4. The Hall–Kier alpha value is -1.71. The zero-order valence-corrected chi connectivity index (χ0v) is 14.0. The van der Waals surface area contributed by atoms with Crippen molar-refractivity contribution in [2.45, 2.75) is 52.4 Å². The van der Waals surface area contributed by atoms with Crippen LogP contribution in [-0.2, 0) is 4.74 Å². The summed E-state index contributed by atoms with van der Waals surface area (Å²) in [5.74, 6) is 0.929. The van der Waals surface area contributed by atoms with Crippen LogP contribution >= 0.6 is 0 Å². The first-order valence-corrected chi connectivity index (χ1v) is 8.20. The molecule has 22 heavy (non-hydrogen) atoms. The van der Waals surface area contributed by atoms with Crippen LogP contribution in [0.2, 0.25) is 0 Å². The lowest BCUT2D eigenvalue weighted by atomic mass is 10.2. The van der Waals surface area contributed by atoms with Crippen molar-refractivity contribution in [3.05, 3.63) is 23.8 Å². The molecular weight excluding hydrogens is 280 g/mol. The quantitative estimate of drug-likeness (QED) is 0.442. The van der Waals surface area contributed by atoms with Gasteiger partial charge in [-0.2, -0.15) is 0 Å². The van der Waals surface area contributed by atoms with Gasteiger partial charge in [0.1, 0.15) is 0 Å². The third-order valence-corrected chi connectivity index (χ3v) is 3.39. The SMILES string of the molecule is CCCCCOC(=O)c1ccc(OC)c(OCCCCC)c1. The van der Waals surface area contributed by atoms with Gasteiger partial charge in [-0.3, -0.25) is 0 Å². The van der Waals surface area contributed by atoms with Crippen LogP contribution in [0, 0.1) is 0 Å². The van der Waals surface area contributed by atoms with Crippen LogP contribution in [0.25, 0.3) is 0 Å². The number of carbonyl (C=O) groups excluding carboxylic acids is 1. The van der Waals surface area contributed by atoms with Gasteiger partial charge in [-0.1, -0.05) is 39.5 Å². The second-order valence-electron chi connectivity index (χ2n) is 5.26. The van der Waals surface area contributed by atoms with Crippen LogP contribution in [0.1, 0.15) is 62.7 Å². The first kappa shape index (κ1) is 18.3. The van der Waals surface area contributed by atoms with Crippen LogP contribution in [0.15, 0.2) is 18.2 Å². The number of hydrogen-bond donors (Lipinski definition) is 0. The topological polar surface area (TPSA) is 44.8 Å².